The third kappa shape index (κ3) is 3.46. The molecule has 114 valence electrons. The molecule has 3 aromatic rings. The molecule has 2 amide bonds. The predicted molar refractivity (Wildman–Crippen MR) is 87.0 cm³/mol. The van der Waals surface area contributed by atoms with Crippen molar-refractivity contribution in [3.8, 4) is 0 Å². The van der Waals surface area contributed by atoms with Crippen LogP contribution >= 0.6 is 11.3 Å². The molecule has 0 aliphatic carbocycles. The zero-order valence-electron chi connectivity index (χ0n) is 12.3. The molecule has 22 heavy (non-hydrogen) atoms. The summed E-state index contributed by atoms with van der Waals surface area (Å²) < 4.78 is 5.25. The Morgan fingerprint density at radius 2 is 2.23 bits per heavy atom. The fourth-order valence-corrected chi connectivity index (χ4v) is 2.91. The van der Waals surface area contributed by atoms with Gasteiger partial charge in [0.2, 0.25) is 0 Å². The number of fused-ring (bicyclic) bond motifs is 1. The van der Waals surface area contributed by atoms with E-state index < -0.39 is 0 Å². The summed E-state index contributed by atoms with van der Waals surface area (Å²) in [5.74, 6) is 0. The van der Waals surface area contributed by atoms with Gasteiger partial charge in [-0.1, -0.05) is 16.8 Å². The lowest BCUT2D eigenvalue weighted by molar-refractivity contribution is 0.240. The summed E-state index contributed by atoms with van der Waals surface area (Å²) in [6.07, 6.45) is 0.836. The molecule has 3 rings (SSSR count). The van der Waals surface area contributed by atoms with Crippen LogP contribution in [0.2, 0.25) is 0 Å². The van der Waals surface area contributed by atoms with E-state index in [1.807, 2.05) is 30.5 Å². The number of aromatic nitrogens is 1. The van der Waals surface area contributed by atoms with Crippen LogP contribution < -0.4 is 10.6 Å². The Morgan fingerprint density at radius 3 is 3.05 bits per heavy atom. The first-order valence-corrected chi connectivity index (χ1v) is 8.04. The first-order valence-electron chi connectivity index (χ1n) is 7.10. The lowest BCUT2D eigenvalue weighted by Gasteiger charge is -2.05. The highest BCUT2D eigenvalue weighted by molar-refractivity contribution is 7.07. The number of amides is 2. The van der Waals surface area contributed by atoms with E-state index >= 15 is 0 Å². The number of rotatable bonds is 5. The topological polar surface area (TPSA) is 67.2 Å². The molecule has 0 aliphatic heterocycles. The summed E-state index contributed by atoms with van der Waals surface area (Å²) >= 11 is 1.66. The molecular weight excluding hydrogens is 298 g/mol. The minimum absolute atomic E-state index is 0.195. The van der Waals surface area contributed by atoms with Gasteiger partial charge in [0, 0.05) is 11.9 Å². The number of urea groups is 1. The first kappa shape index (κ1) is 14.6. The highest BCUT2D eigenvalue weighted by Crippen LogP contribution is 2.19. The molecule has 2 N–H and O–H groups in total. The smallest absolute Gasteiger partial charge is 0.315 e. The van der Waals surface area contributed by atoms with Crippen molar-refractivity contribution in [2.75, 3.05) is 6.54 Å². The van der Waals surface area contributed by atoms with Gasteiger partial charge in [0.1, 0.15) is 5.69 Å². The van der Waals surface area contributed by atoms with Crippen molar-refractivity contribution in [3.05, 3.63) is 51.8 Å². The van der Waals surface area contributed by atoms with Gasteiger partial charge in [-0.2, -0.15) is 11.3 Å². The molecule has 6 heteroatoms. The number of nitrogens with zero attached hydrogens (tertiary/aromatic N) is 1. The number of carbonyl (C=O) groups is 1. The van der Waals surface area contributed by atoms with Crippen LogP contribution in [0.25, 0.3) is 11.0 Å². The molecule has 0 bridgehead atoms. The Hall–Kier alpha value is -2.34. The lowest BCUT2D eigenvalue weighted by atomic mass is 10.1. The van der Waals surface area contributed by atoms with Crippen LogP contribution in [0.3, 0.4) is 0 Å². The molecule has 0 atom stereocenters. The Morgan fingerprint density at radius 1 is 1.32 bits per heavy atom. The van der Waals surface area contributed by atoms with Crippen molar-refractivity contribution in [2.45, 2.75) is 19.9 Å². The maximum atomic E-state index is 11.8. The van der Waals surface area contributed by atoms with Crippen molar-refractivity contribution >= 4 is 28.3 Å². The minimum Gasteiger partial charge on any atom is -0.356 e. The van der Waals surface area contributed by atoms with E-state index in [-0.39, 0.29) is 6.03 Å². The molecule has 0 saturated carbocycles. The van der Waals surface area contributed by atoms with E-state index in [1.54, 1.807) is 11.3 Å². The summed E-state index contributed by atoms with van der Waals surface area (Å²) in [6.45, 7) is 2.97. The van der Waals surface area contributed by atoms with E-state index in [9.17, 15) is 4.79 Å². The maximum absolute atomic E-state index is 11.8. The van der Waals surface area contributed by atoms with Crippen LogP contribution in [0, 0.1) is 6.92 Å². The summed E-state index contributed by atoms with van der Waals surface area (Å²) in [5, 5.41) is 14.7. The summed E-state index contributed by atoms with van der Waals surface area (Å²) in [4.78, 5) is 11.8. The highest BCUT2D eigenvalue weighted by atomic mass is 32.1. The number of aryl methyl sites for hydroxylation is 1. The standard InChI is InChI=1S/C16H17N3O2S/c1-11-2-3-15-13(8-11)14(19-21-15)9-18-16(20)17-6-4-12-5-7-22-10-12/h2-3,5,7-8,10H,4,6,9H2,1H3,(H2,17,18,20). The fraction of sp³-hybridized carbons (Fsp3) is 0.250. The van der Waals surface area contributed by atoms with Gasteiger partial charge in [0.25, 0.3) is 0 Å². The Labute approximate surface area is 132 Å². The number of hydrogen-bond donors (Lipinski definition) is 2. The van der Waals surface area contributed by atoms with Gasteiger partial charge in [0.15, 0.2) is 5.58 Å². The summed E-state index contributed by atoms with van der Waals surface area (Å²) in [6, 6.07) is 7.74. The van der Waals surface area contributed by atoms with E-state index in [2.05, 4.69) is 27.2 Å². The largest absolute Gasteiger partial charge is 0.356 e. The van der Waals surface area contributed by atoms with Gasteiger partial charge in [-0.25, -0.2) is 4.79 Å². The van der Waals surface area contributed by atoms with E-state index in [1.165, 1.54) is 5.56 Å². The fourth-order valence-electron chi connectivity index (χ4n) is 2.21. The minimum atomic E-state index is -0.195. The molecule has 0 fully saturated rings. The Bertz CT molecular complexity index is 765. The van der Waals surface area contributed by atoms with Crippen LogP contribution in [0.5, 0.6) is 0 Å². The molecule has 0 saturated heterocycles. The third-order valence-corrected chi connectivity index (χ3v) is 4.13. The number of benzene rings is 1. The number of carbonyl (C=O) groups excluding carboxylic acids is 1. The Kier molecular flexibility index (Phi) is 4.39. The summed E-state index contributed by atoms with van der Waals surface area (Å²) in [7, 11) is 0. The second-order valence-corrected chi connectivity index (χ2v) is 5.90. The molecule has 2 aromatic heterocycles. The lowest BCUT2D eigenvalue weighted by Crippen LogP contribution is -2.36. The molecular formula is C16H17N3O2S. The van der Waals surface area contributed by atoms with Gasteiger partial charge < -0.3 is 15.2 Å². The zero-order chi connectivity index (χ0) is 15.4. The Balaban J connectivity index is 1.50. The molecule has 2 heterocycles. The normalized spacial score (nSPS) is 10.8. The van der Waals surface area contributed by atoms with Gasteiger partial charge in [-0.15, -0.1) is 0 Å². The molecule has 0 unspecified atom stereocenters. The SMILES string of the molecule is Cc1ccc2onc(CNC(=O)NCCc3ccsc3)c2c1. The number of nitrogens with one attached hydrogen (secondary N) is 2. The van der Waals surface area contributed by atoms with Crippen molar-refractivity contribution in [1.29, 1.82) is 0 Å². The van der Waals surface area contributed by atoms with Gasteiger partial charge in [0.05, 0.1) is 6.54 Å². The predicted octanol–water partition coefficient (Wildman–Crippen LogP) is 3.24. The molecule has 5 nitrogen and oxygen atoms in total. The van der Waals surface area contributed by atoms with Gasteiger partial charge in [-0.3, -0.25) is 0 Å². The molecule has 1 aromatic carbocycles. The van der Waals surface area contributed by atoms with Crippen LogP contribution in [-0.4, -0.2) is 17.7 Å². The zero-order valence-corrected chi connectivity index (χ0v) is 13.1. The molecule has 0 radical (unpaired) electrons. The van der Waals surface area contributed by atoms with Gasteiger partial charge >= 0.3 is 6.03 Å². The van der Waals surface area contributed by atoms with Crippen LogP contribution in [0.15, 0.2) is 39.5 Å². The average molecular weight is 315 g/mol. The van der Waals surface area contributed by atoms with Crippen molar-refractivity contribution in [3.63, 3.8) is 0 Å². The quantitative estimate of drug-likeness (QED) is 0.759. The van der Waals surface area contributed by atoms with E-state index in [0.29, 0.717) is 13.1 Å². The van der Waals surface area contributed by atoms with Crippen LogP contribution in [0.4, 0.5) is 4.79 Å². The second kappa shape index (κ2) is 6.62. The first-order chi connectivity index (χ1) is 10.7. The third-order valence-electron chi connectivity index (χ3n) is 3.40. The van der Waals surface area contributed by atoms with Gasteiger partial charge in [-0.05, 0) is 47.9 Å². The van der Waals surface area contributed by atoms with E-state index in [4.69, 9.17) is 4.52 Å². The molecule has 0 spiro atoms. The monoisotopic (exact) mass is 315 g/mol. The van der Waals surface area contributed by atoms with Crippen LogP contribution in [-0.2, 0) is 13.0 Å². The van der Waals surface area contributed by atoms with Crippen LogP contribution in [0.1, 0.15) is 16.8 Å². The van der Waals surface area contributed by atoms with Crippen molar-refractivity contribution in [2.24, 2.45) is 0 Å². The summed E-state index contributed by atoms with van der Waals surface area (Å²) in [5.41, 5.74) is 3.85. The van der Waals surface area contributed by atoms with E-state index in [0.717, 1.165) is 28.6 Å². The molecule has 0 aliphatic rings. The highest BCUT2D eigenvalue weighted by Gasteiger charge is 2.09. The maximum Gasteiger partial charge on any atom is 0.315 e. The van der Waals surface area contributed by atoms with Crippen molar-refractivity contribution in [1.82, 2.24) is 15.8 Å². The number of thiophene rings is 1. The second-order valence-electron chi connectivity index (χ2n) is 5.12. The number of hydrogen-bond acceptors (Lipinski definition) is 4. The average Bonchev–Trinajstić information content (AvgIpc) is 3.14. The van der Waals surface area contributed by atoms with Crippen molar-refractivity contribution < 1.29 is 9.32 Å².